The molecule has 0 aliphatic rings. The summed E-state index contributed by atoms with van der Waals surface area (Å²) in [4.78, 5) is 14.8. The fraction of sp³-hybridized carbons (Fsp3) is 0.333. The Labute approximate surface area is 105 Å². The molecule has 0 atom stereocenters. The van der Waals surface area contributed by atoms with Gasteiger partial charge in [-0.1, -0.05) is 25.4 Å². The molecule has 4 nitrogen and oxygen atoms in total. The predicted octanol–water partition coefficient (Wildman–Crippen LogP) is 2.87. The van der Waals surface area contributed by atoms with Crippen LogP contribution in [0, 0.1) is 5.92 Å². The minimum absolute atomic E-state index is 0.0444. The molecule has 1 rings (SSSR count). The molecule has 1 aromatic heterocycles. The third kappa shape index (κ3) is 3.46. The molecule has 92 valence electrons. The van der Waals surface area contributed by atoms with Gasteiger partial charge in [0.2, 0.25) is 5.88 Å². The maximum Gasteiger partial charge on any atom is 0.328 e. The van der Waals surface area contributed by atoms with Gasteiger partial charge in [0.1, 0.15) is 5.15 Å². The molecule has 0 amide bonds. The van der Waals surface area contributed by atoms with Gasteiger partial charge >= 0.3 is 5.97 Å². The van der Waals surface area contributed by atoms with E-state index in [9.17, 15) is 4.79 Å². The summed E-state index contributed by atoms with van der Waals surface area (Å²) in [6.07, 6.45) is 1.16. The van der Waals surface area contributed by atoms with Crippen LogP contribution in [0.4, 0.5) is 0 Å². The lowest BCUT2D eigenvalue weighted by Crippen LogP contribution is -2.02. The van der Waals surface area contributed by atoms with E-state index in [1.807, 2.05) is 13.8 Å². The molecule has 0 unspecified atom stereocenters. The van der Waals surface area contributed by atoms with Crippen LogP contribution in [-0.2, 0) is 4.79 Å². The standard InChI is InChI=1S/C12H14ClNO3/c1-7(2)9(6-11(15)16)8-4-5-10(13)14-12(8)17-3/h4-7H,1-3H3,(H,15,16)/b9-6-. The number of hydrogen-bond donors (Lipinski definition) is 1. The second-order valence-electron chi connectivity index (χ2n) is 3.78. The molecule has 0 saturated heterocycles. The molecule has 5 heteroatoms. The summed E-state index contributed by atoms with van der Waals surface area (Å²) in [5.74, 6) is -0.618. The maximum atomic E-state index is 10.8. The number of methoxy groups -OCH3 is 1. The highest BCUT2D eigenvalue weighted by Crippen LogP contribution is 2.30. The normalized spacial score (nSPS) is 11.7. The first-order valence-electron chi connectivity index (χ1n) is 5.11. The maximum absolute atomic E-state index is 10.8. The number of carboxylic acid groups (broad SMARTS) is 1. The Kier molecular flexibility index (Phi) is 4.52. The molecule has 17 heavy (non-hydrogen) atoms. The summed E-state index contributed by atoms with van der Waals surface area (Å²) in [6.45, 7) is 3.81. The van der Waals surface area contributed by atoms with Crippen LogP contribution in [0.2, 0.25) is 5.15 Å². The van der Waals surface area contributed by atoms with Crippen molar-refractivity contribution in [1.82, 2.24) is 4.98 Å². The molecule has 1 heterocycles. The number of carbonyl (C=O) groups is 1. The number of allylic oxidation sites excluding steroid dienone is 1. The molecular weight excluding hydrogens is 242 g/mol. The van der Waals surface area contributed by atoms with E-state index in [1.165, 1.54) is 7.11 Å². The fourth-order valence-electron chi connectivity index (χ4n) is 1.48. The van der Waals surface area contributed by atoms with Gasteiger partial charge < -0.3 is 9.84 Å². The van der Waals surface area contributed by atoms with Gasteiger partial charge in [0.05, 0.1) is 7.11 Å². The summed E-state index contributed by atoms with van der Waals surface area (Å²) in [5.41, 5.74) is 1.30. The summed E-state index contributed by atoms with van der Waals surface area (Å²) >= 11 is 5.76. The number of pyridine rings is 1. The van der Waals surface area contributed by atoms with Crippen LogP contribution >= 0.6 is 11.6 Å². The topological polar surface area (TPSA) is 59.4 Å². The van der Waals surface area contributed by atoms with Crippen molar-refractivity contribution in [1.29, 1.82) is 0 Å². The predicted molar refractivity (Wildman–Crippen MR) is 66.2 cm³/mol. The highest BCUT2D eigenvalue weighted by molar-refractivity contribution is 6.29. The third-order valence-electron chi connectivity index (χ3n) is 2.23. The van der Waals surface area contributed by atoms with Gasteiger partial charge in [0.15, 0.2) is 0 Å². The molecule has 1 aromatic rings. The van der Waals surface area contributed by atoms with Crippen LogP contribution in [0.25, 0.3) is 5.57 Å². The van der Waals surface area contributed by atoms with Crippen LogP contribution in [0.15, 0.2) is 18.2 Å². The van der Waals surface area contributed by atoms with Gasteiger partial charge in [0, 0.05) is 11.6 Å². The summed E-state index contributed by atoms with van der Waals surface area (Å²) < 4.78 is 5.11. The molecule has 0 radical (unpaired) electrons. The highest BCUT2D eigenvalue weighted by atomic mass is 35.5. The zero-order valence-electron chi connectivity index (χ0n) is 9.90. The third-order valence-corrected chi connectivity index (χ3v) is 2.44. The van der Waals surface area contributed by atoms with Gasteiger partial charge in [-0.05, 0) is 23.6 Å². The van der Waals surface area contributed by atoms with Gasteiger partial charge in [-0.3, -0.25) is 0 Å². The lowest BCUT2D eigenvalue weighted by atomic mass is 9.96. The van der Waals surface area contributed by atoms with Crippen molar-refractivity contribution >= 4 is 23.1 Å². The molecular formula is C12H14ClNO3. The van der Waals surface area contributed by atoms with Crippen molar-refractivity contribution in [3.05, 3.63) is 28.9 Å². The summed E-state index contributed by atoms with van der Waals surface area (Å²) in [5, 5.41) is 9.16. The smallest absolute Gasteiger partial charge is 0.328 e. The van der Waals surface area contributed by atoms with Crippen LogP contribution in [0.5, 0.6) is 5.88 Å². The monoisotopic (exact) mass is 255 g/mol. The number of carboxylic acids is 1. The lowest BCUT2D eigenvalue weighted by Gasteiger charge is -2.14. The average molecular weight is 256 g/mol. The molecule has 1 N–H and O–H groups in total. The van der Waals surface area contributed by atoms with Crippen molar-refractivity contribution in [2.45, 2.75) is 13.8 Å². The lowest BCUT2D eigenvalue weighted by molar-refractivity contribution is -0.131. The molecule has 0 saturated carbocycles. The highest BCUT2D eigenvalue weighted by Gasteiger charge is 2.15. The van der Waals surface area contributed by atoms with Gasteiger partial charge in [0.25, 0.3) is 0 Å². The first kappa shape index (κ1) is 13.5. The molecule has 0 aliphatic heterocycles. The Hall–Kier alpha value is -1.55. The summed E-state index contributed by atoms with van der Waals surface area (Å²) in [6, 6.07) is 3.32. The fourth-order valence-corrected chi connectivity index (χ4v) is 1.62. The number of hydrogen-bond acceptors (Lipinski definition) is 3. The zero-order chi connectivity index (χ0) is 13.0. The Morgan fingerprint density at radius 2 is 2.18 bits per heavy atom. The molecule has 0 fully saturated rings. The SMILES string of the molecule is COc1nc(Cl)ccc1/C(=C\C(=O)O)C(C)C. The number of halogens is 1. The zero-order valence-corrected chi connectivity index (χ0v) is 10.7. The van der Waals surface area contributed by atoms with Gasteiger partial charge in [-0.15, -0.1) is 0 Å². The van der Waals surface area contributed by atoms with Gasteiger partial charge in [-0.25, -0.2) is 9.78 Å². The Morgan fingerprint density at radius 1 is 1.53 bits per heavy atom. The summed E-state index contributed by atoms with van der Waals surface area (Å²) in [7, 11) is 1.47. The first-order chi connectivity index (χ1) is 7.95. The van der Waals surface area contributed by atoms with Crippen molar-refractivity contribution in [2.75, 3.05) is 7.11 Å². The molecule has 0 spiro atoms. The first-order valence-corrected chi connectivity index (χ1v) is 5.49. The van der Waals surface area contributed by atoms with E-state index in [-0.39, 0.29) is 5.92 Å². The van der Waals surface area contributed by atoms with E-state index in [0.717, 1.165) is 6.08 Å². The number of rotatable bonds is 4. The van der Waals surface area contributed by atoms with E-state index < -0.39 is 5.97 Å². The van der Waals surface area contributed by atoms with Crippen molar-refractivity contribution in [3.8, 4) is 5.88 Å². The van der Waals surface area contributed by atoms with Crippen LogP contribution < -0.4 is 4.74 Å². The largest absolute Gasteiger partial charge is 0.481 e. The second-order valence-corrected chi connectivity index (χ2v) is 4.17. The van der Waals surface area contributed by atoms with E-state index in [0.29, 0.717) is 22.2 Å². The number of ether oxygens (including phenoxy) is 1. The van der Waals surface area contributed by atoms with E-state index in [4.69, 9.17) is 21.4 Å². The Bertz CT molecular complexity index is 455. The number of nitrogens with zero attached hydrogens (tertiary/aromatic N) is 1. The van der Waals surface area contributed by atoms with Crippen LogP contribution in [0.3, 0.4) is 0 Å². The second kappa shape index (κ2) is 5.68. The quantitative estimate of drug-likeness (QED) is 0.664. The average Bonchev–Trinajstić information content (AvgIpc) is 2.25. The van der Waals surface area contributed by atoms with Crippen molar-refractivity contribution < 1.29 is 14.6 Å². The minimum atomic E-state index is -0.995. The number of aromatic nitrogens is 1. The van der Waals surface area contributed by atoms with Crippen molar-refractivity contribution in [2.24, 2.45) is 5.92 Å². The molecule has 0 bridgehead atoms. The minimum Gasteiger partial charge on any atom is -0.481 e. The van der Waals surface area contributed by atoms with Crippen LogP contribution in [0.1, 0.15) is 19.4 Å². The van der Waals surface area contributed by atoms with E-state index in [2.05, 4.69) is 4.98 Å². The van der Waals surface area contributed by atoms with E-state index in [1.54, 1.807) is 12.1 Å². The Morgan fingerprint density at radius 3 is 2.65 bits per heavy atom. The van der Waals surface area contributed by atoms with Crippen LogP contribution in [-0.4, -0.2) is 23.2 Å². The molecule has 0 aliphatic carbocycles. The Balaban J connectivity index is 3.33. The molecule has 0 aromatic carbocycles. The van der Waals surface area contributed by atoms with Gasteiger partial charge in [-0.2, -0.15) is 0 Å². The van der Waals surface area contributed by atoms with E-state index >= 15 is 0 Å². The van der Waals surface area contributed by atoms with Crippen molar-refractivity contribution in [3.63, 3.8) is 0 Å². The number of aliphatic carboxylic acids is 1.